The fraction of sp³-hybridized carbons (Fsp3) is 0.167. The summed E-state index contributed by atoms with van der Waals surface area (Å²) in [5.74, 6) is 1.65. The molecule has 0 radical (unpaired) electrons. The molecule has 6 nitrogen and oxygen atoms in total. The van der Waals surface area contributed by atoms with Crippen molar-refractivity contribution >= 4 is 28.9 Å². The molecule has 0 atom stereocenters. The molecule has 0 amide bonds. The first-order chi connectivity index (χ1) is 9.76. The Kier molecular flexibility index (Phi) is 3.62. The average Bonchev–Trinajstić information content (AvgIpc) is 3.09. The number of imidazole rings is 1. The van der Waals surface area contributed by atoms with Crippen molar-refractivity contribution in [2.45, 2.75) is 6.92 Å². The minimum absolute atomic E-state index is 0.521. The van der Waals surface area contributed by atoms with Gasteiger partial charge in [0.2, 0.25) is 11.9 Å². The lowest BCUT2D eigenvalue weighted by atomic mass is 10.4. The molecule has 0 aliphatic carbocycles. The average molecular weight is 307 g/mol. The molecule has 1 N–H and O–H groups in total. The van der Waals surface area contributed by atoms with Gasteiger partial charge in [-0.05, 0) is 19.1 Å². The van der Waals surface area contributed by atoms with Crippen LogP contribution in [0.5, 0.6) is 0 Å². The molecule has 102 valence electrons. The number of nitrogens with one attached hydrogen (secondary N) is 1. The minimum atomic E-state index is 0.521. The summed E-state index contributed by atoms with van der Waals surface area (Å²) in [4.78, 5) is 18.1. The maximum Gasteiger partial charge on any atom is 0.240 e. The summed E-state index contributed by atoms with van der Waals surface area (Å²) in [6.45, 7) is 2.72. The van der Waals surface area contributed by atoms with Gasteiger partial charge in [-0.25, -0.2) is 4.98 Å². The topological polar surface area (TPSA) is 68.5 Å². The third-order valence-corrected chi connectivity index (χ3v) is 3.71. The molecule has 0 aromatic carbocycles. The van der Waals surface area contributed by atoms with E-state index in [0.717, 1.165) is 11.4 Å². The fourth-order valence-corrected chi connectivity index (χ4v) is 2.62. The second kappa shape index (κ2) is 5.56. The summed E-state index contributed by atoms with van der Waals surface area (Å²) < 4.78 is 2.44. The quantitative estimate of drug-likeness (QED) is 0.802. The van der Waals surface area contributed by atoms with Crippen molar-refractivity contribution < 1.29 is 0 Å². The van der Waals surface area contributed by atoms with E-state index in [0.29, 0.717) is 22.1 Å². The lowest BCUT2D eigenvalue weighted by molar-refractivity contribution is 0.898. The van der Waals surface area contributed by atoms with Crippen LogP contribution in [0.2, 0.25) is 4.34 Å². The molecule has 0 saturated carbocycles. The van der Waals surface area contributed by atoms with Crippen LogP contribution in [-0.4, -0.2) is 31.0 Å². The molecule has 0 unspecified atom stereocenters. The highest BCUT2D eigenvalue weighted by Crippen LogP contribution is 2.29. The summed E-state index contributed by atoms with van der Waals surface area (Å²) >= 11 is 7.40. The minimum Gasteiger partial charge on any atom is -0.354 e. The highest BCUT2D eigenvalue weighted by atomic mass is 35.5. The first-order valence-electron chi connectivity index (χ1n) is 6.00. The van der Waals surface area contributed by atoms with Crippen LogP contribution >= 0.6 is 22.9 Å². The summed E-state index contributed by atoms with van der Waals surface area (Å²) in [6.07, 6.45) is 5.12. The Morgan fingerprint density at radius 3 is 2.85 bits per heavy atom. The second-order valence-corrected chi connectivity index (χ2v) is 5.60. The van der Waals surface area contributed by atoms with Gasteiger partial charge in [-0.3, -0.25) is 4.57 Å². The number of hydrogen-bond donors (Lipinski definition) is 1. The largest absolute Gasteiger partial charge is 0.354 e. The van der Waals surface area contributed by atoms with Crippen LogP contribution < -0.4 is 5.32 Å². The van der Waals surface area contributed by atoms with Crippen molar-refractivity contribution in [2.75, 3.05) is 11.9 Å². The molecule has 3 heterocycles. The van der Waals surface area contributed by atoms with Gasteiger partial charge in [0.05, 0.1) is 9.21 Å². The molecule has 8 heteroatoms. The standard InChI is InChI=1S/C12H11ClN6S/c1-2-15-11-16-10(8-3-4-9(13)20-8)17-12(18-11)19-6-5-14-7-19/h3-7H,2H2,1H3,(H,15,16,17,18). The van der Waals surface area contributed by atoms with Crippen LogP contribution in [-0.2, 0) is 0 Å². The Morgan fingerprint density at radius 1 is 1.30 bits per heavy atom. The van der Waals surface area contributed by atoms with Crippen molar-refractivity contribution in [3.63, 3.8) is 0 Å². The Hall–Kier alpha value is -1.99. The molecule has 0 bridgehead atoms. The number of hydrogen-bond acceptors (Lipinski definition) is 6. The highest BCUT2D eigenvalue weighted by Gasteiger charge is 2.11. The Labute approximate surface area is 124 Å². The van der Waals surface area contributed by atoms with Gasteiger partial charge in [-0.1, -0.05) is 11.6 Å². The van der Waals surface area contributed by atoms with E-state index in [1.165, 1.54) is 11.3 Å². The van der Waals surface area contributed by atoms with E-state index in [1.54, 1.807) is 23.3 Å². The molecule has 0 spiro atoms. The maximum atomic E-state index is 5.97. The van der Waals surface area contributed by atoms with Crippen LogP contribution in [0.4, 0.5) is 5.95 Å². The number of aromatic nitrogens is 5. The normalized spacial score (nSPS) is 10.7. The number of thiophene rings is 1. The van der Waals surface area contributed by atoms with Crippen molar-refractivity contribution in [1.29, 1.82) is 0 Å². The van der Waals surface area contributed by atoms with Crippen LogP contribution in [0.15, 0.2) is 30.9 Å². The zero-order chi connectivity index (χ0) is 13.9. The predicted molar refractivity (Wildman–Crippen MR) is 79.4 cm³/mol. The van der Waals surface area contributed by atoms with E-state index >= 15 is 0 Å². The summed E-state index contributed by atoms with van der Waals surface area (Å²) in [5, 5.41) is 3.10. The second-order valence-electron chi connectivity index (χ2n) is 3.89. The Balaban J connectivity index is 2.09. The van der Waals surface area contributed by atoms with Gasteiger partial charge in [0, 0.05) is 18.9 Å². The zero-order valence-electron chi connectivity index (χ0n) is 10.6. The van der Waals surface area contributed by atoms with Crippen molar-refractivity contribution in [1.82, 2.24) is 24.5 Å². The van der Waals surface area contributed by atoms with Crippen LogP contribution in [0, 0.1) is 0 Å². The SMILES string of the molecule is CCNc1nc(-c2ccc(Cl)s2)nc(-n2ccnc2)n1. The molecular weight excluding hydrogens is 296 g/mol. The van der Waals surface area contributed by atoms with E-state index < -0.39 is 0 Å². The molecule has 0 aliphatic heterocycles. The summed E-state index contributed by atoms with van der Waals surface area (Å²) in [5.41, 5.74) is 0. The van der Waals surface area contributed by atoms with Gasteiger partial charge >= 0.3 is 0 Å². The van der Waals surface area contributed by atoms with E-state index in [9.17, 15) is 0 Å². The third-order valence-electron chi connectivity index (χ3n) is 2.49. The lowest BCUT2D eigenvalue weighted by Crippen LogP contribution is -2.08. The van der Waals surface area contributed by atoms with E-state index in [2.05, 4.69) is 25.3 Å². The van der Waals surface area contributed by atoms with E-state index in [4.69, 9.17) is 11.6 Å². The van der Waals surface area contributed by atoms with Crippen LogP contribution in [0.1, 0.15) is 6.92 Å². The molecule has 3 aromatic heterocycles. The summed E-state index contributed by atoms with van der Waals surface area (Å²) in [6, 6.07) is 3.73. The monoisotopic (exact) mass is 306 g/mol. The van der Waals surface area contributed by atoms with Crippen molar-refractivity contribution in [3.05, 3.63) is 35.2 Å². The van der Waals surface area contributed by atoms with Crippen molar-refractivity contribution in [2.24, 2.45) is 0 Å². The molecule has 0 saturated heterocycles. The van der Waals surface area contributed by atoms with E-state index in [-0.39, 0.29) is 0 Å². The molecule has 3 rings (SSSR count). The van der Waals surface area contributed by atoms with Gasteiger partial charge < -0.3 is 5.32 Å². The van der Waals surface area contributed by atoms with E-state index in [1.807, 2.05) is 19.1 Å². The maximum absolute atomic E-state index is 5.97. The summed E-state index contributed by atoms with van der Waals surface area (Å²) in [7, 11) is 0. The van der Waals surface area contributed by atoms with Gasteiger partial charge in [0.1, 0.15) is 6.33 Å². The molecule has 0 fully saturated rings. The number of rotatable bonds is 4. The van der Waals surface area contributed by atoms with Crippen LogP contribution in [0.25, 0.3) is 16.6 Å². The number of halogens is 1. The smallest absolute Gasteiger partial charge is 0.240 e. The third kappa shape index (κ3) is 2.63. The molecular formula is C12H11ClN6S. The Morgan fingerprint density at radius 2 is 2.20 bits per heavy atom. The van der Waals surface area contributed by atoms with Gasteiger partial charge in [0.15, 0.2) is 5.82 Å². The highest BCUT2D eigenvalue weighted by molar-refractivity contribution is 7.19. The number of nitrogens with zero attached hydrogens (tertiary/aromatic N) is 5. The zero-order valence-corrected chi connectivity index (χ0v) is 12.2. The molecule has 20 heavy (non-hydrogen) atoms. The van der Waals surface area contributed by atoms with Gasteiger partial charge in [-0.2, -0.15) is 15.0 Å². The Bertz CT molecular complexity index is 709. The van der Waals surface area contributed by atoms with Crippen LogP contribution in [0.3, 0.4) is 0 Å². The molecule has 0 aliphatic rings. The number of anilines is 1. The van der Waals surface area contributed by atoms with Gasteiger partial charge in [-0.15, -0.1) is 11.3 Å². The lowest BCUT2D eigenvalue weighted by Gasteiger charge is -2.06. The first-order valence-corrected chi connectivity index (χ1v) is 7.19. The fourth-order valence-electron chi connectivity index (χ4n) is 1.64. The first kappa shape index (κ1) is 13.0. The predicted octanol–water partition coefficient (Wildman–Crippen LogP) is 2.87. The van der Waals surface area contributed by atoms with Gasteiger partial charge in [0.25, 0.3) is 0 Å². The molecule has 3 aromatic rings. The van der Waals surface area contributed by atoms with Crippen molar-refractivity contribution in [3.8, 4) is 16.6 Å².